The number of thiophene rings is 1. The summed E-state index contributed by atoms with van der Waals surface area (Å²) in [6, 6.07) is 101. The zero-order valence-electron chi connectivity index (χ0n) is 56.8. The summed E-state index contributed by atoms with van der Waals surface area (Å²) in [5.74, 6) is 0. The maximum absolute atomic E-state index is 13.0. The number of hydrogen-bond acceptors (Lipinski definition) is 13. The third-order valence-corrected chi connectivity index (χ3v) is 23.1. The van der Waals surface area contributed by atoms with E-state index in [0.717, 1.165) is 111 Å². The summed E-state index contributed by atoms with van der Waals surface area (Å²) < 4.78 is 47.4. The molecule has 6 aliphatic heterocycles. The normalized spacial score (nSPS) is 15.3. The second-order valence-corrected chi connectivity index (χ2v) is 29.4. The standard InChI is InChI=1S/C22H16N2O2S.C22H16N2O.C22H16N2S.C21H14N2OS.4Ir/c1-23-15-24(17-7-3-2-4-8-17)14-20(23)16-11-12-19-18-9-5-6-10-21(18)27(25,26)22(19)13-16;2*1-23-15-24(17-7-3-2-4-8-17)14-20(23)16-11-12-19-18-9-5-6-10-21(18)25-22(19)13-16;24-25-20-9-5-4-8-17(20)18-11-10-15(12-21(18)25)19-13-23(14-22-19)16-6-2-1-3-7-16;;;;/h2-7,9-15H,1H3;2*2-7,9-15H,1H3;1-6,8-14,22H;;;;/q4*-2;;;;. The summed E-state index contributed by atoms with van der Waals surface area (Å²) in [6.45, 7) is 8.01. The van der Waals surface area contributed by atoms with Crippen LogP contribution in [0.2, 0.25) is 0 Å². The van der Waals surface area contributed by atoms with Crippen LogP contribution in [0.1, 0.15) is 22.3 Å². The number of rotatable bonds is 8. The summed E-state index contributed by atoms with van der Waals surface area (Å²) >= 11 is 1.86. The monoisotopic (exact) mass is 2150 g/mol. The van der Waals surface area contributed by atoms with Crippen molar-refractivity contribution in [1.29, 1.82) is 0 Å². The molecule has 1 N–H and O–H groups in total. The third kappa shape index (κ3) is 14.5. The van der Waals surface area contributed by atoms with Crippen molar-refractivity contribution in [1.82, 2.24) is 20.0 Å². The van der Waals surface area contributed by atoms with Crippen molar-refractivity contribution in [2.24, 2.45) is 0 Å². The predicted octanol–water partition coefficient (Wildman–Crippen LogP) is 19.3. The van der Waals surface area contributed by atoms with Gasteiger partial charge in [0.15, 0.2) is 0 Å². The van der Waals surface area contributed by atoms with Crippen LogP contribution in [0.25, 0.3) is 87.2 Å². The second kappa shape index (κ2) is 32.0. The van der Waals surface area contributed by atoms with Crippen LogP contribution in [0.15, 0.2) is 316 Å². The number of para-hydroxylation sites is 5. The first-order chi connectivity index (χ1) is 49.9. The molecule has 2 aromatic heterocycles. The number of furan rings is 1. The van der Waals surface area contributed by atoms with Gasteiger partial charge in [0.2, 0.25) is 9.84 Å². The van der Waals surface area contributed by atoms with Crippen LogP contribution in [0.3, 0.4) is 0 Å². The predicted molar refractivity (Wildman–Crippen MR) is 413 cm³/mol. The molecule has 4 radical (unpaired) electrons. The van der Waals surface area contributed by atoms with Crippen molar-refractivity contribution in [2.45, 2.75) is 19.6 Å². The van der Waals surface area contributed by atoms with Crippen LogP contribution >= 0.6 is 11.3 Å². The fourth-order valence-corrected chi connectivity index (χ4v) is 17.8. The van der Waals surface area contributed by atoms with Crippen LogP contribution in [-0.4, -0.2) is 48.5 Å². The minimum absolute atomic E-state index is 0. The summed E-state index contributed by atoms with van der Waals surface area (Å²) in [4.78, 5) is 17.0. The number of fused-ring (bicyclic) bond motifs is 12. The van der Waals surface area contributed by atoms with Gasteiger partial charge in [0.1, 0.15) is 11.2 Å². The minimum atomic E-state index is -3.48. The molecule has 1 unspecified atom stereocenters. The van der Waals surface area contributed by atoms with E-state index in [4.69, 9.17) is 4.42 Å². The second-order valence-electron chi connectivity index (χ2n) is 25.0. The van der Waals surface area contributed by atoms with Gasteiger partial charge in [-0.05, 0) is 128 Å². The molecule has 12 nitrogen and oxygen atoms in total. The molecule has 0 amide bonds. The Morgan fingerprint density at radius 1 is 0.387 bits per heavy atom. The Labute approximate surface area is 678 Å². The van der Waals surface area contributed by atoms with Crippen LogP contribution in [0.4, 0.5) is 22.7 Å². The van der Waals surface area contributed by atoms with Gasteiger partial charge in [-0.25, -0.2) is 12.6 Å². The Morgan fingerprint density at radius 2 is 0.830 bits per heavy atom. The maximum atomic E-state index is 13.0. The largest absolute Gasteiger partial charge is 0.514 e. The molecule has 19 heteroatoms. The average molecular weight is 2150 g/mol. The fraction of sp³-hybridized carbons (Fsp3) is 0.0345. The van der Waals surface area contributed by atoms with E-state index in [0.29, 0.717) is 9.79 Å². The Kier molecular flexibility index (Phi) is 22.7. The van der Waals surface area contributed by atoms with Crippen LogP contribution in [-0.2, 0) is 101 Å². The van der Waals surface area contributed by atoms with E-state index in [9.17, 15) is 12.6 Å². The van der Waals surface area contributed by atoms with E-state index < -0.39 is 20.6 Å². The van der Waals surface area contributed by atoms with Crippen molar-refractivity contribution in [2.75, 3.05) is 40.7 Å². The van der Waals surface area contributed by atoms with Gasteiger partial charge < -0.3 is 44.0 Å². The molecule has 12 aromatic carbocycles. The quantitative estimate of drug-likeness (QED) is 0.147. The fourth-order valence-electron chi connectivity index (χ4n) is 13.5. The average Bonchev–Trinajstić information content (AvgIpc) is 1.58. The molecule has 106 heavy (non-hydrogen) atoms. The summed E-state index contributed by atoms with van der Waals surface area (Å²) in [7, 11) is 1.50. The third-order valence-electron chi connectivity index (χ3n) is 18.6. The topological polar surface area (TPSA) is 99.1 Å². The van der Waals surface area contributed by atoms with Crippen LogP contribution in [0.5, 0.6) is 0 Å². The van der Waals surface area contributed by atoms with Gasteiger partial charge in [0.05, 0.1) is 30.4 Å². The Morgan fingerprint density at radius 3 is 1.43 bits per heavy atom. The molecule has 0 saturated heterocycles. The van der Waals surface area contributed by atoms with E-state index in [2.05, 4.69) is 174 Å². The molecule has 8 heterocycles. The van der Waals surface area contributed by atoms with Gasteiger partial charge >= 0.3 is 0 Å². The van der Waals surface area contributed by atoms with Crippen molar-refractivity contribution >= 4 is 120 Å². The van der Waals surface area contributed by atoms with E-state index in [1.807, 2.05) is 223 Å². The van der Waals surface area contributed by atoms with E-state index in [1.54, 1.807) is 18.2 Å². The SMILES string of the molecule is CN1[CH-]N(c2[c-]cccc2)C=C1c1ccc2c(c1)S(=O)(=O)c1ccccc1-2.CN1[CH-]N(c2[c-]cccc2)C=C1c1ccc2c(c1)oc1ccccc12.CN1[CH-]N(c2[c-]cccc2)C=C1c1ccc2c(c1)sc1ccccc12.O=S1c2ccccc2-c2ccc(C3=CN(c4[c-]cccc4)[CH-]N3)cc21.[Ir].[Ir].[Ir].[Ir]. The molecule has 6 aliphatic rings. The van der Waals surface area contributed by atoms with Gasteiger partial charge in [-0.3, -0.25) is 0 Å². The summed E-state index contributed by atoms with van der Waals surface area (Å²) in [5, 5.41) is 8.28. The number of hydrogen-bond donors (Lipinski definition) is 1. The smallest absolute Gasteiger partial charge is 0.207 e. The molecule has 0 spiro atoms. The summed E-state index contributed by atoms with van der Waals surface area (Å²) in [5.41, 5.74) is 18.0. The van der Waals surface area contributed by atoms with Gasteiger partial charge in [-0.1, -0.05) is 115 Å². The molecule has 0 fully saturated rings. The first-order valence-electron chi connectivity index (χ1n) is 33.1. The Hall–Kier alpha value is -9.28. The minimum Gasteiger partial charge on any atom is -0.514 e. The molecular formula is C87H62Ir4N8O4S3-8. The van der Waals surface area contributed by atoms with Gasteiger partial charge in [-0.2, -0.15) is 148 Å². The van der Waals surface area contributed by atoms with Gasteiger partial charge in [0, 0.05) is 151 Å². The van der Waals surface area contributed by atoms with E-state index in [-0.39, 0.29) is 80.4 Å². The molecule has 536 valence electrons. The maximum Gasteiger partial charge on any atom is 0.207 e. The van der Waals surface area contributed by atoms with Crippen molar-refractivity contribution in [3.8, 4) is 22.3 Å². The van der Waals surface area contributed by atoms with Crippen LogP contribution < -0.4 is 24.9 Å². The van der Waals surface area contributed by atoms with Crippen molar-refractivity contribution in [3.63, 3.8) is 0 Å². The number of nitrogens with zero attached hydrogens (tertiary/aromatic N) is 7. The molecule has 0 bridgehead atoms. The first-order valence-corrected chi connectivity index (χ1v) is 36.6. The van der Waals surface area contributed by atoms with Gasteiger partial charge in [0.25, 0.3) is 0 Å². The molecule has 14 aromatic rings. The Balaban J connectivity index is 0.000000124. The zero-order chi connectivity index (χ0) is 69.0. The number of nitrogens with one attached hydrogen (secondary N) is 1. The summed E-state index contributed by atoms with van der Waals surface area (Å²) in [6.07, 6.45) is 8.30. The molecule has 0 saturated carbocycles. The first kappa shape index (κ1) is 75.0. The molecule has 1 atom stereocenters. The Bertz CT molecular complexity index is 5680. The van der Waals surface area contributed by atoms with E-state index in [1.165, 1.54) is 31.4 Å². The number of benzene rings is 12. The molecule has 20 rings (SSSR count). The van der Waals surface area contributed by atoms with Crippen LogP contribution in [0, 0.1) is 50.9 Å². The molecule has 0 aliphatic carbocycles. The van der Waals surface area contributed by atoms with E-state index >= 15 is 0 Å². The van der Waals surface area contributed by atoms with Gasteiger partial charge in [-0.15, -0.1) is 34.1 Å². The van der Waals surface area contributed by atoms with Crippen molar-refractivity contribution < 1.29 is 97.5 Å². The number of sulfone groups is 1. The molecular weight excluding hydrogens is 2090 g/mol. The van der Waals surface area contributed by atoms with Crippen molar-refractivity contribution in [3.05, 3.63) is 365 Å². The zero-order valence-corrected chi connectivity index (χ0v) is 68.9. The number of anilines is 4.